The van der Waals surface area contributed by atoms with Gasteiger partial charge in [-0.1, -0.05) is 158 Å². The maximum absolute atomic E-state index is 14.7. The van der Waals surface area contributed by atoms with Crippen LogP contribution in [0.25, 0.3) is 11.4 Å². The molecule has 0 saturated carbocycles. The molecule has 0 aliphatic carbocycles. The molecular formula is C71H92N8O5. The van der Waals surface area contributed by atoms with Gasteiger partial charge in [0.1, 0.15) is 29.9 Å². The third-order valence-corrected chi connectivity index (χ3v) is 17.5. The number of fused-ring (bicyclic) bond motifs is 1. The van der Waals surface area contributed by atoms with Crippen molar-refractivity contribution in [2.75, 3.05) is 28.6 Å². The molecular weight excluding hydrogens is 1040 g/mol. The van der Waals surface area contributed by atoms with Crippen LogP contribution in [0.5, 0.6) is 11.5 Å². The zero-order valence-corrected chi connectivity index (χ0v) is 53.3. The third kappa shape index (κ3) is 14.6. The minimum Gasteiger partial charge on any atom is -0.480 e. The number of hydrogen-bond donors (Lipinski definition) is 2. The molecule has 0 fully saturated rings. The molecule has 2 atom stereocenters. The first kappa shape index (κ1) is 63.9. The lowest BCUT2D eigenvalue weighted by Gasteiger charge is -2.31. The first-order valence-electron chi connectivity index (χ1n) is 30.6. The second kappa shape index (κ2) is 27.3. The Balaban J connectivity index is 1.29. The lowest BCUT2D eigenvalue weighted by atomic mass is 9.76. The van der Waals surface area contributed by atoms with Crippen molar-refractivity contribution in [3.05, 3.63) is 142 Å². The first-order chi connectivity index (χ1) is 40.0. The van der Waals surface area contributed by atoms with Crippen LogP contribution < -0.4 is 25.0 Å². The van der Waals surface area contributed by atoms with E-state index in [9.17, 15) is 9.59 Å². The summed E-state index contributed by atoms with van der Waals surface area (Å²) in [7, 11) is 0. The van der Waals surface area contributed by atoms with E-state index in [0.717, 1.165) is 61.2 Å². The Morgan fingerprint density at radius 3 is 1.60 bits per heavy atom. The van der Waals surface area contributed by atoms with Crippen LogP contribution in [0.15, 0.2) is 113 Å². The number of rotatable bonds is 26. The highest BCUT2D eigenvalue weighted by atomic mass is 16.5. The van der Waals surface area contributed by atoms with Crippen LogP contribution in [0.3, 0.4) is 0 Å². The molecule has 13 nitrogen and oxygen atoms in total. The molecule has 0 bridgehead atoms. The van der Waals surface area contributed by atoms with Crippen molar-refractivity contribution < 1.29 is 23.8 Å². The normalized spacial score (nSPS) is 13.8. The van der Waals surface area contributed by atoms with E-state index in [1.54, 1.807) is 10.7 Å². The molecule has 2 amide bonds. The summed E-state index contributed by atoms with van der Waals surface area (Å²) >= 11 is 0. The fourth-order valence-electron chi connectivity index (χ4n) is 10.0. The molecule has 5 aromatic carbocycles. The predicted octanol–water partition coefficient (Wildman–Crippen LogP) is 16.4. The second-order valence-corrected chi connectivity index (χ2v) is 24.6. The molecule has 0 radical (unpaired) electrons. The van der Waals surface area contributed by atoms with Crippen molar-refractivity contribution >= 4 is 46.0 Å². The molecule has 0 spiro atoms. The third-order valence-electron chi connectivity index (χ3n) is 17.5. The SMILES string of the molecule is CCC1=Nn2c(nnc2-c2cc(NC(=O)C(CC)Oc3ccc(C(C)(C)CC)cc3C(C)(C)CC)cc(NC(=O)C(CC)Oc3ccc(C(C)(C)CC)cc3C(C)(C)CC)c2)C1=Nc1ccc(N(CC)CC)cc1C#COCc1ccccc1. The molecule has 6 aromatic rings. The van der Waals surface area contributed by atoms with E-state index in [1.807, 2.05) is 87.5 Å². The van der Waals surface area contributed by atoms with Crippen LogP contribution in [0.2, 0.25) is 0 Å². The van der Waals surface area contributed by atoms with Gasteiger partial charge >= 0.3 is 0 Å². The zero-order chi connectivity index (χ0) is 61.1. The Hall–Kier alpha value is -7.72. The molecule has 13 heteroatoms. The Kier molecular flexibility index (Phi) is 20.8. The summed E-state index contributed by atoms with van der Waals surface area (Å²) in [6.07, 6.45) is 6.27. The van der Waals surface area contributed by atoms with Gasteiger partial charge in [0, 0.05) is 46.8 Å². The number of nitrogens with zero attached hydrogens (tertiary/aromatic N) is 6. The lowest BCUT2D eigenvalue weighted by Crippen LogP contribution is -2.34. The van der Waals surface area contributed by atoms with Gasteiger partial charge in [-0.05, 0) is 152 Å². The number of aromatic nitrogens is 3. The number of ether oxygens (including phenoxy) is 3. The molecule has 7 rings (SSSR count). The second-order valence-electron chi connectivity index (χ2n) is 24.6. The van der Waals surface area contributed by atoms with Crippen LogP contribution in [0.4, 0.5) is 22.7 Å². The van der Waals surface area contributed by atoms with Gasteiger partial charge in [0.05, 0.1) is 17.0 Å². The van der Waals surface area contributed by atoms with Crippen LogP contribution in [0, 0.1) is 12.0 Å². The Labute approximate surface area is 501 Å². The molecule has 84 heavy (non-hydrogen) atoms. The molecule has 0 saturated heterocycles. The van der Waals surface area contributed by atoms with Crippen molar-refractivity contribution in [3.63, 3.8) is 0 Å². The van der Waals surface area contributed by atoms with Crippen molar-refractivity contribution in [2.24, 2.45) is 10.1 Å². The number of amides is 2. The fraction of sp³-hybridized carbons (Fsp3) is 0.465. The van der Waals surface area contributed by atoms with E-state index in [1.165, 1.54) is 11.1 Å². The Morgan fingerprint density at radius 1 is 0.607 bits per heavy atom. The van der Waals surface area contributed by atoms with Crippen LogP contribution in [-0.4, -0.2) is 63.4 Å². The minimum absolute atomic E-state index is 0.0383. The number of carbonyl (C=O) groups excluding carboxylic acids is 2. The van der Waals surface area contributed by atoms with Gasteiger partial charge in [-0.2, -0.15) is 9.78 Å². The van der Waals surface area contributed by atoms with Gasteiger partial charge in [0.2, 0.25) is 5.82 Å². The number of benzene rings is 5. The summed E-state index contributed by atoms with van der Waals surface area (Å²) in [6, 6.07) is 34.2. The van der Waals surface area contributed by atoms with Crippen molar-refractivity contribution in [3.8, 4) is 34.9 Å². The first-order valence-corrected chi connectivity index (χ1v) is 30.6. The average Bonchev–Trinajstić information content (AvgIpc) is 2.42. The highest BCUT2D eigenvalue weighted by Gasteiger charge is 2.33. The van der Waals surface area contributed by atoms with Gasteiger partial charge < -0.3 is 29.7 Å². The number of anilines is 3. The summed E-state index contributed by atoms with van der Waals surface area (Å²) in [5.41, 5.74) is 10.0. The van der Waals surface area contributed by atoms with Crippen molar-refractivity contribution in [1.29, 1.82) is 0 Å². The smallest absolute Gasteiger partial charge is 0.265 e. The Bertz CT molecular complexity index is 3290. The van der Waals surface area contributed by atoms with Gasteiger partial charge in [0.15, 0.2) is 18.0 Å². The largest absolute Gasteiger partial charge is 0.480 e. The molecule has 446 valence electrons. The van der Waals surface area contributed by atoms with E-state index in [-0.39, 0.29) is 33.5 Å². The molecule has 1 aliphatic rings. The van der Waals surface area contributed by atoms with E-state index >= 15 is 0 Å². The number of carbonyl (C=O) groups is 2. The maximum Gasteiger partial charge on any atom is 0.265 e. The summed E-state index contributed by atoms with van der Waals surface area (Å²) in [4.78, 5) is 36.9. The zero-order valence-electron chi connectivity index (χ0n) is 53.3. The lowest BCUT2D eigenvalue weighted by molar-refractivity contribution is -0.123. The van der Waals surface area contributed by atoms with E-state index in [4.69, 9.17) is 34.5 Å². The summed E-state index contributed by atoms with van der Waals surface area (Å²) < 4.78 is 21.0. The molecule has 2 heterocycles. The minimum atomic E-state index is -0.851. The van der Waals surface area contributed by atoms with E-state index in [2.05, 4.69) is 155 Å². The summed E-state index contributed by atoms with van der Waals surface area (Å²) in [5, 5.41) is 20.9. The monoisotopic (exact) mass is 1140 g/mol. The number of aliphatic imine (C=N–C) groups is 1. The van der Waals surface area contributed by atoms with Gasteiger partial charge in [0.25, 0.3) is 11.8 Å². The Morgan fingerprint density at radius 2 is 1.12 bits per heavy atom. The number of nitrogens with one attached hydrogen (secondary N) is 2. The molecule has 2 N–H and O–H groups in total. The molecule has 1 aliphatic heterocycles. The van der Waals surface area contributed by atoms with E-state index in [0.29, 0.717) is 88.6 Å². The number of hydrogen-bond acceptors (Lipinski definition) is 10. The highest BCUT2D eigenvalue weighted by molar-refractivity contribution is 6.49. The van der Waals surface area contributed by atoms with Gasteiger partial charge in [-0.25, -0.2) is 4.99 Å². The standard InChI is InChI=1S/C71H92N8O5/c1-18-57-63(74-58-35-34-54(78(25-8)26-9)42-48(58)38-39-82-46-47-30-28-27-29-31-47)65-76-75-64(79(65)77-57)49-40-52(72-66(80)59(19-2)83-61-36-32-50(68(10,11)21-4)43-55(61)70(14,15)23-6)45-53(41-49)73-67(81)60(20-3)84-62-37-33-51(69(12,13)22-5)44-56(62)71(16,17)24-7/h27-37,40-45,59-60H,18-26,46H2,1-17H3,(H,72,80)(H,73,81). The van der Waals surface area contributed by atoms with Crippen molar-refractivity contribution in [1.82, 2.24) is 14.9 Å². The topological polar surface area (TPSA) is 145 Å². The van der Waals surface area contributed by atoms with Gasteiger partial charge in [-0.15, -0.1) is 10.2 Å². The molecule has 1 aromatic heterocycles. The quantitative estimate of drug-likeness (QED) is 0.0511. The van der Waals surface area contributed by atoms with Crippen molar-refractivity contribution in [2.45, 2.75) is 203 Å². The summed E-state index contributed by atoms with van der Waals surface area (Å²) in [6.45, 7) is 38.8. The molecule has 2 unspecified atom stereocenters. The van der Waals surface area contributed by atoms with E-state index < -0.39 is 12.2 Å². The maximum atomic E-state index is 14.7. The summed E-state index contributed by atoms with van der Waals surface area (Å²) in [5.74, 6) is 4.74. The van der Waals surface area contributed by atoms with Gasteiger partial charge in [-0.3, -0.25) is 9.59 Å². The van der Waals surface area contributed by atoms with Crippen LogP contribution >= 0.6 is 0 Å². The highest BCUT2D eigenvalue weighted by Crippen LogP contribution is 2.42. The van der Waals surface area contributed by atoms with Crippen LogP contribution in [-0.2, 0) is 42.6 Å². The predicted molar refractivity (Wildman–Crippen MR) is 346 cm³/mol. The fourth-order valence-corrected chi connectivity index (χ4v) is 10.0. The average molecular weight is 1140 g/mol. The van der Waals surface area contributed by atoms with Crippen LogP contribution in [0.1, 0.15) is 202 Å².